The van der Waals surface area contributed by atoms with Gasteiger partial charge >= 0.3 is 6.18 Å². The molecular weight excluding hydrogens is 459 g/mol. The molecule has 0 radical (unpaired) electrons. The molecule has 2 aromatic rings. The normalized spacial score (nSPS) is 20.2. The molecule has 174 valence electrons. The molecule has 1 fully saturated rings. The first-order valence-electron chi connectivity index (χ1n) is 10.5. The van der Waals surface area contributed by atoms with Crippen molar-refractivity contribution in [3.63, 3.8) is 0 Å². The minimum atomic E-state index is -4.44. The van der Waals surface area contributed by atoms with E-state index in [1.54, 1.807) is 24.3 Å². The first-order chi connectivity index (χ1) is 15.1. The SMILES string of the molecule is CCCOC(=S)C1C(c2ccc(C(F)(F)F)cc2)CCCN1S(=O)(=O)c1ccc(C)cc1. The predicted octanol–water partition coefficient (Wildman–Crippen LogP) is 5.70. The van der Waals surface area contributed by atoms with Gasteiger partial charge in [-0.3, -0.25) is 0 Å². The number of hydrogen-bond acceptors (Lipinski definition) is 4. The lowest BCUT2D eigenvalue weighted by atomic mass is 9.84. The van der Waals surface area contributed by atoms with Crippen LogP contribution < -0.4 is 0 Å². The third-order valence-corrected chi connectivity index (χ3v) is 7.82. The Labute approximate surface area is 192 Å². The summed E-state index contributed by atoms with van der Waals surface area (Å²) in [6, 6.07) is 10.6. The summed E-state index contributed by atoms with van der Waals surface area (Å²) in [6.45, 7) is 4.38. The molecule has 0 N–H and O–H groups in total. The Morgan fingerprint density at radius 1 is 1.12 bits per heavy atom. The highest BCUT2D eigenvalue weighted by molar-refractivity contribution is 7.89. The Morgan fingerprint density at radius 2 is 1.75 bits per heavy atom. The fourth-order valence-electron chi connectivity index (χ4n) is 3.92. The Hall–Kier alpha value is -1.97. The van der Waals surface area contributed by atoms with Crippen LogP contribution in [0.1, 0.15) is 48.8 Å². The summed E-state index contributed by atoms with van der Waals surface area (Å²) < 4.78 is 73.1. The van der Waals surface area contributed by atoms with Crippen LogP contribution in [0.2, 0.25) is 0 Å². The Balaban J connectivity index is 2.01. The van der Waals surface area contributed by atoms with E-state index in [0.717, 1.165) is 17.7 Å². The van der Waals surface area contributed by atoms with Gasteiger partial charge in [0.1, 0.15) is 6.04 Å². The van der Waals surface area contributed by atoms with E-state index in [4.69, 9.17) is 17.0 Å². The standard InChI is InChI=1S/C23H26F3NO3S2/c1-3-15-30-22(31)21-20(17-8-10-18(11-9-17)23(24,25)26)5-4-14-27(21)32(28,29)19-12-6-16(2)7-13-19/h6-13,20-21H,3-5,14-15H2,1-2H3. The number of ether oxygens (including phenoxy) is 1. The van der Waals surface area contributed by atoms with Crippen molar-refractivity contribution >= 4 is 27.3 Å². The highest BCUT2D eigenvalue weighted by atomic mass is 32.2. The number of aryl methyl sites for hydroxylation is 1. The summed E-state index contributed by atoms with van der Waals surface area (Å²) in [5.41, 5.74) is 0.792. The molecule has 1 heterocycles. The van der Waals surface area contributed by atoms with Crippen molar-refractivity contribution in [1.82, 2.24) is 4.31 Å². The maximum absolute atomic E-state index is 13.5. The molecule has 0 aromatic heterocycles. The van der Waals surface area contributed by atoms with E-state index in [1.165, 1.54) is 16.4 Å². The van der Waals surface area contributed by atoms with Crippen molar-refractivity contribution < 1.29 is 26.3 Å². The van der Waals surface area contributed by atoms with Crippen LogP contribution in [0.5, 0.6) is 0 Å². The molecule has 2 atom stereocenters. The molecule has 0 saturated carbocycles. The largest absolute Gasteiger partial charge is 0.485 e. The van der Waals surface area contributed by atoms with Crippen molar-refractivity contribution in [3.05, 3.63) is 65.2 Å². The van der Waals surface area contributed by atoms with E-state index < -0.39 is 33.7 Å². The van der Waals surface area contributed by atoms with Gasteiger partial charge in [-0.2, -0.15) is 17.5 Å². The Morgan fingerprint density at radius 3 is 2.31 bits per heavy atom. The van der Waals surface area contributed by atoms with Gasteiger partial charge in [0, 0.05) is 12.5 Å². The summed E-state index contributed by atoms with van der Waals surface area (Å²) >= 11 is 5.51. The van der Waals surface area contributed by atoms with Crippen LogP contribution >= 0.6 is 12.2 Å². The highest BCUT2D eigenvalue weighted by Crippen LogP contribution is 2.38. The highest BCUT2D eigenvalue weighted by Gasteiger charge is 2.43. The van der Waals surface area contributed by atoms with Crippen LogP contribution in [-0.4, -0.2) is 37.0 Å². The fourth-order valence-corrected chi connectivity index (χ4v) is 6.02. The number of thiocarbonyl (C=S) groups is 1. The van der Waals surface area contributed by atoms with Gasteiger partial charge in [-0.1, -0.05) is 36.8 Å². The molecule has 0 spiro atoms. The number of alkyl halides is 3. The zero-order valence-corrected chi connectivity index (χ0v) is 19.6. The molecule has 0 amide bonds. The Bertz CT molecular complexity index is 1040. The predicted molar refractivity (Wildman–Crippen MR) is 121 cm³/mol. The van der Waals surface area contributed by atoms with Gasteiger partial charge in [0.05, 0.1) is 17.1 Å². The summed E-state index contributed by atoms with van der Waals surface area (Å²) in [6.07, 6.45) is -2.59. The first-order valence-corrected chi connectivity index (χ1v) is 12.3. The van der Waals surface area contributed by atoms with E-state index in [-0.39, 0.29) is 16.5 Å². The monoisotopic (exact) mass is 485 g/mol. The van der Waals surface area contributed by atoms with E-state index >= 15 is 0 Å². The topological polar surface area (TPSA) is 46.6 Å². The maximum atomic E-state index is 13.5. The van der Waals surface area contributed by atoms with Gasteiger partial charge in [-0.15, -0.1) is 0 Å². The van der Waals surface area contributed by atoms with Crippen molar-refractivity contribution in [1.29, 1.82) is 0 Å². The van der Waals surface area contributed by atoms with E-state index in [2.05, 4.69) is 0 Å². The van der Waals surface area contributed by atoms with Crippen LogP contribution in [0.15, 0.2) is 53.4 Å². The van der Waals surface area contributed by atoms with Gasteiger partial charge in [0.15, 0.2) is 5.05 Å². The lowest BCUT2D eigenvalue weighted by molar-refractivity contribution is -0.137. The average molecular weight is 486 g/mol. The van der Waals surface area contributed by atoms with Crippen LogP contribution in [0.3, 0.4) is 0 Å². The zero-order chi connectivity index (χ0) is 23.5. The molecule has 0 aliphatic carbocycles. The molecule has 2 unspecified atom stereocenters. The van der Waals surface area contributed by atoms with Crippen molar-refractivity contribution in [2.24, 2.45) is 0 Å². The Kier molecular flexibility index (Phi) is 7.62. The number of rotatable bonds is 6. The average Bonchev–Trinajstić information content (AvgIpc) is 2.76. The number of piperidine rings is 1. The minimum Gasteiger partial charge on any atom is -0.485 e. The molecule has 1 saturated heterocycles. The third kappa shape index (κ3) is 5.32. The second-order valence-corrected chi connectivity index (χ2v) is 10.2. The quantitative estimate of drug-likeness (QED) is 0.492. The summed E-state index contributed by atoms with van der Waals surface area (Å²) in [5.74, 6) is -0.407. The zero-order valence-electron chi connectivity index (χ0n) is 17.9. The van der Waals surface area contributed by atoms with Crippen LogP contribution in [0.4, 0.5) is 13.2 Å². The second kappa shape index (κ2) is 9.89. The summed E-state index contributed by atoms with van der Waals surface area (Å²) in [4.78, 5) is 0.152. The van der Waals surface area contributed by atoms with E-state index in [9.17, 15) is 21.6 Å². The molecule has 32 heavy (non-hydrogen) atoms. The van der Waals surface area contributed by atoms with E-state index in [1.807, 2.05) is 13.8 Å². The molecule has 2 aromatic carbocycles. The van der Waals surface area contributed by atoms with Gasteiger partial charge in [0.25, 0.3) is 0 Å². The van der Waals surface area contributed by atoms with Crippen molar-refractivity contribution in [2.45, 2.75) is 56.1 Å². The fraction of sp³-hybridized carbons (Fsp3) is 0.435. The van der Waals surface area contributed by atoms with Gasteiger partial charge in [-0.25, -0.2) is 8.42 Å². The first kappa shape index (κ1) is 24.7. The molecule has 0 bridgehead atoms. The summed E-state index contributed by atoms with van der Waals surface area (Å²) in [7, 11) is -3.88. The number of halogens is 3. The molecule has 1 aliphatic rings. The number of nitrogens with zero attached hydrogens (tertiary/aromatic N) is 1. The molecular formula is C23H26F3NO3S2. The smallest absolute Gasteiger partial charge is 0.416 e. The van der Waals surface area contributed by atoms with Gasteiger partial charge in [0.2, 0.25) is 10.0 Å². The van der Waals surface area contributed by atoms with Crippen LogP contribution in [-0.2, 0) is 20.9 Å². The third-order valence-electron chi connectivity index (χ3n) is 5.57. The lowest BCUT2D eigenvalue weighted by Gasteiger charge is -2.40. The van der Waals surface area contributed by atoms with E-state index in [0.29, 0.717) is 31.4 Å². The van der Waals surface area contributed by atoms with Gasteiger partial charge in [-0.05, 0) is 68.2 Å². The number of sulfonamides is 1. The minimum absolute atomic E-state index is 0.145. The van der Waals surface area contributed by atoms with Crippen molar-refractivity contribution in [3.8, 4) is 0 Å². The molecule has 4 nitrogen and oxygen atoms in total. The maximum Gasteiger partial charge on any atom is 0.416 e. The molecule has 9 heteroatoms. The van der Waals surface area contributed by atoms with Crippen LogP contribution in [0, 0.1) is 6.92 Å². The lowest BCUT2D eigenvalue weighted by Crippen LogP contribution is -2.51. The van der Waals surface area contributed by atoms with Gasteiger partial charge < -0.3 is 4.74 Å². The van der Waals surface area contributed by atoms with Crippen LogP contribution in [0.25, 0.3) is 0 Å². The number of benzene rings is 2. The molecule has 3 rings (SSSR count). The molecule has 1 aliphatic heterocycles. The number of hydrogen-bond donors (Lipinski definition) is 0. The van der Waals surface area contributed by atoms with Crippen molar-refractivity contribution in [2.75, 3.05) is 13.2 Å². The summed E-state index contributed by atoms with van der Waals surface area (Å²) in [5, 5.41) is 0.145. The second-order valence-electron chi connectivity index (χ2n) is 7.91.